The first-order chi connectivity index (χ1) is 10.5. The van der Waals surface area contributed by atoms with Crippen LogP contribution < -0.4 is 0 Å². The molecule has 0 rings (SSSR count). The third-order valence-corrected chi connectivity index (χ3v) is 5.54. The molecular formula is C17H37O4P. The number of hydrogen-bond acceptors (Lipinski definition) is 4. The molecule has 0 aliphatic heterocycles. The van der Waals surface area contributed by atoms with E-state index in [4.69, 9.17) is 13.8 Å². The highest BCUT2D eigenvalue weighted by molar-refractivity contribution is 7.53. The van der Waals surface area contributed by atoms with E-state index in [1.165, 1.54) is 12.8 Å². The first kappa shape index (κ1) is 22.1. The zero-order valence-electron chi connectivity index (χ0n) is 15.3. The molecule has 0 aromatic carbocycles. The van der Waals surface area contributed by atoms with Gasteiger partial charge in [0.15, 0.2) is 0 Å². The van der Waals surface area contributed by atoms with Gasteiger partial charge in [0.25, 0.3) is 0 Å². The molecule has 0 spiro atoms. The Hall–Kier alpha value is 0.110. The van der Waals surface area contributed by atoms with Gasteiger partial charge in [0.05, 0.1) is 19.4 Å². The molecule has 134 valence electrons. The minimum atomic E-state index is -2.95. The first-order valence-electron chi connectivity index (χ1n) is 8.84. The van der Waals surface area contributed by atoms with E-state index >= 15 is 0 Å². The molecule has 0 amide bonds. The maximum Gasteiger partial charge on any atom is 0.330 e. The normalized spacial score (nSPS) is 15.9. The summed E-state index contributed by atoms with van der Waals surface area (Å²) in [6.45, 7) is 10.1. The number of unbranched alkanes of at least 4 members (excludes halogenated alkanes) is 2. The highest BCUT2D eigenvalue weighted by Gasteiger charge is 2.26. The highest BCUT2D eigenvalue weighted by Crippen LogP contribution is 2.50. The highest BCUT2D eigenvalue weighted by atomic mass is 31.2. The summed E-state index contributed by atoms with van der Waals surface area (Å²) in [5, 5.41) is 0. The second-order valence-electron chi connectivity index (χ2n) is 6.46. The van der Waals surface area contributed by atoms with Crippen molar-refractivity contribution in [1.29, 1.82) is 0 Å². The lowest BCUT2D eigenvalue weighted by atomic mass is 10.0. The van der Waals surface area contributed by atoms with Crippen molar-refractivity contribution in [3.05, 3.63) is 0 Å². The summed E-state index contributed by atoms with van der Waals surface area (Å²) in [7, 11) is -1.23. The van der Waals surface area contributed by atoms with Gasteiger partial charge in [0.1, 0.15) is 0 Å². The van der Waals surface area contributed by atoms with Crippen LogP contribution in [-0.4, -0.2) is 33.1 Å². The van der Waals surface area contributed by atoms with Crippen LogP contribution in [0.1, 0.15) is 66.2 Å². The molecule has 22 heavy (non-hydrogen) atoms. The second kappa shape index (κ2) is 13.5. The van der Waals surface area contributed by atoms with Gasteiger partial charge in [-0.25, -0.2) is 0 Å². The van der Waals surface area contributed by atoms with Crippen LogP contribution >= 0.6 is 7.60 Å². The van der Waals surface area contributed by atoms with Gasteiger partial charge in [-0.1, -0.05) is 47.0 Å². The quantitative estimate of drug-likeness (QED) is 0.370. The van der Waals surface area contributed by atoms with Crippen LogP contribution in [0.2, 0.25) is 0 Å². The first-order valence-corrected chi connectivity index (χ1v) is 10.6. The molecule has 0 radical (unpaired) electrons. The van der Waals surface area contributed by atoms with E-state index in [1.807, 2.05) is 0 Å². The maximum atomic E-state index is 12.9. The molecule has 0 bridgehead atoms. The van der Waals surface area contributed by atoms with Crippen molar-refractivity contribution >= 4 is 7.60 Å². The predicted molar refractivity (Wildman–Crippen MR) is 93.6 cm³/mol. The van der Waals surface area contributed by atoms with Crippen molar-refractivity contribution in [3.63, 3.8) is 0 Å². The van der Waals surface area contributed by atoms with E-state index in [1.54, 1.807) is 7.11 Å². The van der Waals surface area contributed by atoms with Crippen LogP contribution in [0.3, 0.4) is 0 Å². The monoisotopic (exact) mass is 336 g/mol. The summed E-state index contributed by atoms with van der Waals surface area (Å²) in [5.41, 5.74) is 0. The van der Waals surface area contributed by atoms with Gasteiger partial charge >= 0.3 is 7.60 Å². The Kier molecular flexibility index (Phi) is 13.6. The molecule has 0 heterocycles. The summed E-state index contributed by atoms with van der Waals surface area (Å²) in [5.74, 6) is 0.764. The Labute approximate surface area is 137 Å². The lowest BCUT2D eigenvalue weighted by Crippen LogP contribution is -2.14. The third-order valence-electron chi connectivity index (χ3n) is 3.59. The molecule has 0 saturated heterocycles. The van der Waals surface area contributed by atoms with Gasteiger partial charge in [-0.05, 0) is 31.1 Å². The van der Waals surface area contributed by atoms with Crippen molar-refractivity contribution in [2.75, 3.05) is 33.1 Å². The minimum Gasteiger partial charge on any atom is -0.385 e. The Morgan fingerprint density at radius 2 is 1.59 bits per heavy atom. The van der Waals surface area contributed by atoms with Crippen LogP contribution in [0.4, 0.5) is 0 Å². The van der Waals surface area contributed by atoms with E-state index in [0.717, 1.165) is 32.3 Å². The van der Waals surface area contributed by atoms with Crippen LogP contribution in [-0.2, 0) is 18.3 Å². The van der Waals surface area contributed by atoms with Gasteiger partial charge in [-0.2, -0.15) is 0 Å². The fourth-order valence-electron chi connectivity index (χ4n) is 2.09. The van der Waals surface area contributed by atoms with Crippen molar-refractivity contribution < 1.29 is 18.3 Å². The summed E-state index contributed by atoms with van der Waals surface area (Å²) in [6, 6.07) is 0. The maximum absolute atomic E-state index is 12.9. The molecular weight excluding hydrogens is 299 g/mol. The molecule has 0 aliphatic carbocycles. The van der Waals surface area contributed by atoms with Gasteiger partial charge < -0.3 is 13.8 Å². The minimum absolute atomic E-state index is 0.364. The van der Waals surface area contributed by atoms with E-state index < -0.39 is 7.60 Å². The summed E-state index contributed by atoms with van der Waals surface area (Å²) >= 11 is 0. The zero-order valence-corrected chi connectivity index (χ0v) is 16.2. The molecule has 0 fully saturated rings. The number of rotatable bonds is 15. The van der Waals surface area contributed by atoms with Gasteiger partial charge in [-0.3, -0.25) is 4.57 Å². The number of ether oxygens (including phenoxy) is 1. The Morgan fingerprint density at radius 1 is 0.955 bits per heavy atom. The number of methoxy groups -OCH3 is 1. The molecule has 4 nitrogen and oxygen atoms in total. The topological polar surface area (TPSA) is 44.8 Å². The molecule has 0 N–H and O–H groups in total. The predicted octanol–water partition coefficient (Wildman–Crippen LogP) is 5.51. The smallest absolute Gasteiger partial charge is 0.330 e. The average Bonchev–Trinajstić information content (AvgIpc) is 2.50. The molecule has 2 unspecified atom stereocenters. The molecule has 5 heteroatoms. The van der Waals surface area contributed by atoms with Crippen LogP contribution in [0.25, 0.3) is 0 Å². The molecule has 2 atom stereocenters. The van der Waals surface area contributed by atoms with Gasteiger partial charge in [-0.15, -0.1) is 0 Å². The third kappa shape index (κ3) is 11.6. The lowest BCUT2D eigenvalue weighted by molar-refractivity contribution is 0.131. The van der Waals surface area contributed by atoms with E-state index in [-0.39, 0.29) is 0 Å². The van der Waals surface area contributed by atoms with E-state index in [0.29, 0.717) is 31.2 Å². The second-order valence-corrected chi connectivity index (χ2v) is 8.65. The Bertz CT molecular complexity index is 286. The molecule has 0 aromatic rings. The van der Waals surface area contributed by atoms with Gasteiger partial charge in [0, 0.05) is 13.7 Å². The van der Waals surface area contributed by atoms with Crippen molar-refractivity contribution in [2.24, 2.45) is 11.8 Å². The van der Waals surface area contributed by atoms with Crippen LogP contribution in [0, 0.1) is 11.8 Å². The standard InChI is InChI=1S/C17H37O4P/c1-6-8-10-17(11-12-19-5)15-21-22(18,13-9-7-2)20-14-16(3)4/h16-17H,6-15H2,1-5H3. The lowest BCUT2D eigenvalue weighted by Gasteiger charge is -2.23. The van der Waals surface area contributed by atoms with Crippen molar-refractivity contribution in [3.8, 4) is 0 Å². The number of hydrogen-bond donors (Lipinski definition) is 0. The summed E-state index contributed by atoms with van der Waals surface area (Å²) in [4.78, 5) is 0. The summed E-state index contributed by atoms with van der Waals surface area (Å²) in [6.07, 6.45) is 6.80. The largest absolute Gasteiger partial charge is 0.385 e. The fraction of sp³-hybridized carbons (Fsp3) is 1.00. The Balaban J connectivity index is 4.48. The van der Waals surface area contributed by atoms with Gasteiger partial charge in [0.2, 0.25) is 0 Å². The zero-order chi connectivity index (χ0) is 16.8. The average molecular weight is 336 g/mol. The Morgan fingerprint density at radius 3 is 2.14 bits per heavy atom. The van der Waals surface area contributed by atoms with E-state index in [9.17, 15) is 4.57 Å². The van der Waals surface area contributed by atoms with Crippen molar-refractivity contribution in [1.82, 2.24) is 0 Å². The van der Waals surface area contributed by atoms with Crippen molar-refractivity contribution in [2.45, 2.75) is 66.2 Å². The SMILES string of the molecule is CCCCC(CCOC)COP(=O)(CCCC)OCC(C)C. The van der Waals surface area contributed by atoms with Crippen LogP contribution in [0.15, 0.2) is 0 Å². The van der Waals surface area contributed by atoms with E-state index in [2.05, 4.69) is 27.7 Å². The van der Waals surface area contributed by atoms with Crippen LogP contribution in [0.5, 0.6) is 0 Å². The summed E-state index contributed by atoms with van der Waals surface area (Å²) < 4.78 is 29.5. The molecule has 0 aromatic heterocycles. The molecule has 0 aliphatic rings. The fourth-order valence-corrected chi connectivity index (χ4v) is 4.09. The molecule has 0 saturated carbocycles.